The third kappa shape index (κ3) is 4.88. The van der Waals surface area contributed by atoms with Gasteiger partial charge < -0.3 is 5.32 Å². The lowest BCUT2D eigenvalue weighted by Crippen LogP contribution is -2.28. The van der Waals surface area contributed by atoms with Crippen LogP contribution in [0.5, 0.6) is 0 Å². The van der Waals surface area contributed by atoms with Gasteiger partial charge in [0.05, 0.1) is 29.1 Å². The second kappa shape index (κ2) is 8.71. The first-order valence-corrected chi connectivity index (χ1v) is 9.51. The molecule has 0 saturated heterocycles. The Balaban J connectivity index is 1.60. The molecule has 1 aromatic heterocycles. The quantitative estimate of drug-likeness (QED) is 0.640. The van der Waals surface area contributed by atoms with E-state index in [1.54, 1.807) is 29.1 Å². The standard InChI is InChI=1S/C19H16ClN5OS/c1-13(15-7-5-14(10-21)6-8-15)23-18(26)11-27-19-24-22-12-25(19)17-4-2-3-16(20)9-17/h2-9,12-13H,11H2,1H3,(H,23,26). The summed E-state index contributed by atoms with van der Waals surface area (Å²) in [5.74, 6) is 0.0948. The SMILES string of the molecule is CC(NC(=O)CSc1nncn1-c1cccc(Cl)c1)c1ccc(C#N)cc1. The summed E-state index contributed by atoms with van der Waals surface area (Å²) < 4.78 is 1.79. The van der Waals surface area contributed by atoms with Crippen molar-refractivity contribution in [2.24, 2.45) is 0 Å². The largest absolute Gasteiger partial charge is 0.349 e. The topological polar surface area (TPSA) is 83.6 Å². The predicted molar refractivity (Wildman–Crippen MR) is 105 cm³/mol. The van der Waals surface area contributed by atoms with Crippen molar-refractivity contribution in [3.8, 4) is 11.8 Å². The van der Waals surface area contributed by atoms with Gasteiger partial charge in [-0.05, 0) is 42.8 Å². The van der Waals surface area contributed by atoms with Gasteiger partial charge in [0.25, 0.3) is 0 Å². The Morgan fingerprint density at radius 1 is 1.33 bits per heavy atom. The Kier molecular flexibility index (Phi) is 6.12. The molecule has 2 aromatic carbocycles. The lowest BCUT2D eigenvalue weighted by atomic mass is 10.1. The predicted octanol–water partition coefficient (Wildman–Crippen LogP) is 3.76. The Labute approximate surface area is 166 Å². The second-order valence-corrected chi connectivity index (χ2v) is 7.15. The van der Waals surface area contributed by atoms with Crippen molar-refractivity contribution < 1.29 is 4.79 Å². The number of nitriles is 1. The molecule has 0 aliphatic carbocycles. The summed E-state index contributed by atoms with van der Waals surface area (Å²) in [5, 5.41) is 21.0. The molecule has 0 aliphatic heterocycles. The van der Waals surface area contributed by atoms with Gasteiger partial charge in [-0.25, -0.2) is 0 Å². The number of thioether (sulfide) groups is 1. The van der Waals surface area contributed by atoms with Crippen molar-refractivity contribution in [1.82, 2.24) is 20.1 Å². The monoisotopic (exact) mass is 397 g/mol. The minimum absolute atomic E-state index is 0.113. The molecular weight excluding hydrogens is 382 g/mol. The molecule has 0 radical (unpaired) electrons. The van der Waals surface area contributed by atoms with E-state index in [1.165, 1.54) is 11.8 Å². The molecule has 1 heterocycles. The molecule has 27 heavy (non-hydrogen) atoms. The van der Waals surface area contributed by atoms with Gasteiger partial charge in [0, 0.05) is 5.02 Å². The third-order valence-electron chi connectivity index (χ3n) is 3.85. The molecule has 3 aromatic rings. The summed E-state index contributed by atoms with van der Waals surface area (Å²) in [6.07, 6.45) is 1.59. The number of nitrogens with one attached hydrogen (secondary N) is 1. The van der Waals surface area contributed by atoms with Gasteiger partial charge in [-0.2, -0.15) is 5.26 Å². The zero-order chi connectivity index (χ0) is 19.2. The van der Waals surface area contributed by atoms with E-state index in [2.05, 4.69) is 21.6 Å². The summed E-state index contributed by atoms with van der Waals surface area (Å²) in [6, 6.07) is 16.4. The fourth-order valence-electron chi connectivity index (χ4n) is 2.47. The molecule has 0 saturated carbocycles. The van der Waals surface area contributed by atoms with Gasteiger partial charge in [-0.15, -0.1) is 10.2 Å². The number of benzene rings is 2. The van der Waals surface area contributed by atoms with Crippen LogP contribution in [0.1, 0.15) is 24.1 Å². The number of hydrogen-bond acceptors (Lipinski definition) is 5. The van der Waals surface area contributed by atoms with Crippen molar-refractivity contribution in [1.29, 1.82) is 5.26 Å². The number of carbonyl (C=O) groups excluding carboxylic acids is 1. The van der Waals surface area contributed by atoms with Crippen LogP contribution in [0.25, 0.3) is 5.69 Å². The molecule has 0 spiro atoms. The minimum atomic E-state index is -0.156. The van der Waals surface area contributed by atoms with E-state index in [4.69, 9.17) is 16.9 Å². The van der Waals surface area contributed by atoms with Crippen LogP contribution in [0.2, 0.25) is 5.02 Å². The maximum Gasteiger partial charge on any atom is 0.230 e. The molecule has 8 heteroatoms. The van der Waals surface area contributed by atoms with Crippen LogP contribution in [-0.2, 0) is 4.79 Å². The number of rotatable bonds is 6. The van der Waals surface area contributed by atoms with E-state index in [1.807, 2.05) is 37.3 Å². The first-order valence-electron chi connectivity index (χ1n) is 8.15. The first kappa shape index (κ1) is 19.0. The van der Waals surface area contributed by atoms with Gasteiger partial charge in [0.2, 0.25) is 5.91 Å². The average Bonchev–Trinajstić information content (AvgIpc) is 3.15. The van der Waals surface area contributed by atoms with Crippen LogP contribution in [0, 0.1) is 11.3 Å². The summed E-state index contributed by atoms with van der Waals surface area (Å²) in [7, 11) is 0. The Bertz CT molecular complexity index is 980. The summed E-state index contributed by atoms with van der Waals surface area (Å²) in [4.78, 5) is 12.3. The Morgan fingerprint density at radius 2 is 2.11 bits per heavy atom. The van der Waals surface area contributed by atoms with Crippen LogP contribution < -0.4 is 5.32 Å². The van der Waals surface area contributed by atoms with Crippen LogP contribution in [-0.4, -0.2) is 26.4 Å². The first-order chi connectivity index (χ1) is 13.1. The van der Waals surface area contributed by atoms with E-state index in [0.717, 1.165) is 11.3 Å². The maximum atomic E-state index is 12.3. The highest BCUT2D eigenvalue weighted by atomic mass is 35.5. The number of halogens is 1. The highest BCUT2D eigenvalue weighted by Gasteiger charge is 2.13. The van der Waals surface area contributed by atoms with Gasteiger partial charge >= 0.3 is 0 Å². The normalized spacial score (nSPS) is 11.6. The van der Waals surface area contributed by atoms with E-state index >= 15 is 0 Å². The molecule has 1 N–H and O–H groups in total. The molecule has 1 atom stereocenters. The lowest BCUT2D eigenvalue weighted by Gasteiger charge is -2.14. The molecule has 0 fully saturated rings. The van der Waals surface area contributed by atoms with E-state index in [-0.39, 0.29) is 17.7 Å². The Morgan fingerprint density at radius 3 is 2.81 bits per heavy atom. The maximum absolute atomic E-state index is 12.3. The summed E-state index contributed by atoms with van der Waals surface area (Å²) >= 11 is 7.33. The van der Waals surface area contributed by atoms with Crippen molar-refractivity contribution in [2.45, 2.75) is 18.1 Å². The van der Waals surface area contributed by atoms with E-state index < -0.39 is 0 Å². The van der Waals surface area contributed by atoms with Crippen molar-refractivity contribution in [3.63, 3.8) is 0 Å². The van der Waals surface area contributed by atoms with Crippen LogP contribution >= 0.6 is 23.4 Å². The van der Waals surface area contributed by atoms with Crippen LogP contribution in [0.15, 0.2) is 60.0 Å². The third-order valence-corrected chi connectivity index (χ3v) is 5.03. The van der Waals surface area contributed by atoms with Gasteiger partial charge in [-0.1, -0.05) is 41.6 Å². The minimum Gasteiger partial charge on any atom is -0.349 e. The van der Waals surface area contributed by atoms with E-state index in [0.29, 0.717) is 15.7 Å². The highest BCUT2D eigenvalue weighted by Crippen LogP contribution is 2.22. The van der Waals surface area contributed by atoms with Gasteiger partial charge in [0.1, 0.15) is 6.33 Å². The van der Waals surface area contributed by atoms with Gasteiger partial charge in [0.15, 0.2) is 5.16 Å². The summed E-state index contributed by atoms with van der Waals surface area (Å²) in [6.45, 7) is 1.90. The van der Waals surface area contributed by atoms with E-state index in [9.17, 15) is 4.79 Å². The highest BCUT2D eigenvalue weighted by molar-refractivity contribution is 7.99. The smallest absolute Gasteiger partial charge is 0.230 e. The summed E-state index contributed by atoms with van der Waals surface area (Å²) in [5.41, 5.74) is 2.36. The number of amides is 1. The zero-order valence-corrected chi connectivity index (χ0v) is 16.0. The second-order valence-electron chi connectivity index (χ2n) is 5.78. The van der Waals surface area contributed by atoms with Crippen LogP contribution in [0.4, 0.5) is 0 Å². The fourth-order valence-corrected chi connectivity index (χ4v) is 3.39. The number of nitrogens with zero attached hydrogens (tertiary/aromatic N) is 4. The number of hydrogen-bond donors (Lipinski definition) is 1. The average molecular weight is 398 g/mol. The number of aromatic nitrogens is 3. The number of carbonyl (C=O) groups is 1. The van der Waals surface area contributed by atoms with Gasteiger partial charge in [-0.3, -0.25) is 9.36 Å². The molecule has 1 amide bonds. The van der Waals surface area contributed by atoms with Crippen molar-refractivity contribution in [2.75, 3.05) is 5.75 Å². The van der Waals surface area contributed by atoms with Crippen LogP contribution in [0.3, 0.4) is 0 Å². The molecule has 0 bridgehead atoms. The fraction of sp³-hybridized carbons (Fsp3) is 0.158. The molecule has 0 aliphatic rings. The molecule has 136 valence electrons. The van der Waals surface area contributed by atoms with Crippen molar-refractivity contribution >= 4 is 29.3 Å². The lowest BCUT2D eigenvalue weighted by molar-refractivity contribution is -0.119. The molecule has 1 unspecified atom stereocenters. The molecule has 6 nitrogen and oxygen atoms in total. The zero-order valence-electron chi connectivity index (χ0n) is 14.5. The molecule has 3 rings (SSSR count). The Hall–Kier alpha value is -2.82. The molecular formula is C19H16ClN5OS. The van der Waals surface area contributed by atoms with Crippen molar-refractivity contribution in [3.05, 3.63) is 71.0 Å².